The maximum atomic E-state index is 5.86. The summed E-state index contributed by atoms with van der Waals surface area (Å²) in [5, 5.41) is 0.658. The summed E-state index contributed by atoms with van der Waals surface area (Å²) in [4.78, 5) is 6.55. The van der Waals surface area contributed by atoms with Crippen molar-refractivity contribution in [3.8, 4) is 5.75 Å². The molecule has 2 heterocycles. The van der Waals surface area contributed by atoms with Crippen LogP contribution in [0.2, 0.25) is 5.02 Å². The third-order valence-electron chi connectivity index (χ3n) is 2.99. The fourth-order valence-corrected chi connectivity index (χ4v) is 2.19. The first-order valence-electron chi connectivity index (χ1n) is 5.90. The minimum atomic E-state index is 0.658. The van der Waals surface area contributed by atoms with Crippen molar-refractivity contribution in [1.82, 2.24) is 4.98 Å². The third kappa shape index (κ3) is 2.27. The summed E-state index contributed by atoms with van der Waals surface area (Å²) in [5.74, 6) is 1.90. The normalized spacial score (nSPS) is 14.6. The summed E-state index contributed by atoms with van der Waals surface area (Å²) in [6, 6.07) is 11.9. The highest BCUT2D eigenvalue weighted by Gasteiger charge is 2.15. The van der Waals surface area contributed by atoms with Gasteiger partial charge in [0.05, 0.1) is 11.6 Å². The van der Waals surface area contributed by atoms with E-state index in [0.29, 0.717) is 11.6 Å². The maximum Gasteiger partial charge on any atom is 0.128 e. The Kier molecular flexibility index (Phi) is 3.07. The lowest BCUT2D eigenvalue weighted by atomic mass is 10.2. The zero-order valence-electron chi connectivity index (χ0n) is 9.84. The van der Waals surface area contributed by atoms with Crippen molar-refractivity contribution in [1.29, 1.82) is 0 Å². The van der Waals surface area contributed by atoms with E-state index in [1.54, 1.807) is 6.20 Å². The average Bonchev–Trinajstić information content (AvgIpc) is 2.61. The number of anilines is 1. The summed E-state index contributed by atoms with van der Waals surface area (Å²) >= 11 is 5.86. The van der Waals surface area contributed by atoms with Crippen molar-refractivity contribution in [2.45, 2.75) is 6.54 Å². The largest absolute Gasteiger partial charge is 0.491 e. The van der Waals surface area contributed by atoms with Crippen molar-refractivity contribution >= 4 is 17.4 Å². The number of para-hydroxylation sites is 1. The summed E-state index contributed by atoms with van der Waals surface area (Å²) in [6.07, 6.45) is 1.68. The molecule has 18 heavy (non-hydrogen) atoms. The molecule has 0 saturated carbocycles. The van der Waals surface area contributed by atoms with Crippen molar-refractivity contribution in [2.75, 3.05) is 18.1 Å². The van der Waals surface area contributed by atoms with Crippen molar-refractivity contribution < 1.29 is 4.74 Å². The number of rotatable bonds is 1. The van der Waals surface area contributed by atoms with Crippen LogP contribution in [0.4, 0.5) is 5.82 Å². The second-order valence-electron chi connectivity index (χ2n) is 4.21. The molecule has 4 heteroatoms. The third-order valence-corrected chi connectivity index (χ3v) is 3.21. The lowest BCUT2D eigenvalue weighted by Gasteiger charge is -2.20. The minimum Gasteiger partial charge on any atom is -0.491 e. The Bertz CT molecular complexity index is 542. The molecule has 1 aliphatic rings. The molecule has 3 rings (SSSR count). The molecule has 0 unspecified atom stereocenters. The van der Waals surface area contributed by atoms with Crippen LogP contribution in [0.1, 0.15) is 5.56 Å². The Morgan fingerprint density at radius 2 is 2.06 bits per heavy atom. The topological polar surface area (TPSA) is 25.4 Å². The number of halogens is 1. The molecule has 1 aromatic carbocycles. The number of nitrogens with zero attached hydrogens (tertiary/aromatic N) is 2. The fraction of sp³-hybridized carbons (Fsp3) is 0.214. The highest BCUT2D eigenvalue weighted by atomic mass is 35.5. The molecule has 0 atom stereocenters. The molecule has 3 nitrogen and oxygen atoms in total. The van der Waals surface area contributed by atoms with Crippen LogP contribution in [0.25, 0.3) is 0 Å². The Hall–Kier alpha value is -1.74. The predicted octanol–water partition coefficient (Wildman–Crippen LogP) is 3.13. The van der Waals surface area contributed by atoms with Gasteiger partial charge in [-0.1, -0.05) is 29.8 Å². The van der Waals surface area contributed by atoms with E-state index in [1.165, 1.54) is 5.56 Å². The monoisotopic (exact) mass is 260 g/mol. The Balaban J connectivity index is 1.89. The Morgan fingerprint density at radius 1 is 1.17 bits per heavy atom. The van der Waals surface area contributed by atoms with Crippen LogP contribution in [0.5, 0.6) is 5.75 Å². The van der Waals surface area contributed by atoms with Crippen molar-refractivity contribution in [3.05, 3.63) is 53.2 Å². The molecule has 0 amide bonds. The number of ether oxygens (including phenoxy) is 1. The highest BCUT2D eigenvalue weighted by molar-refractivity contribution is 6.30. The molecule has 0 aliphatic carbocycles. The van der Waals surface area contributed by atoms with E-state index in [9.17, 15) is 0 Å². The van der Waals surface area contributed by atoms with E-state index in [2.05, 4.69) is 16.0 Å². The number of fused-ring (bicyclic) bond motifs is 1. The molecule has 2 aromatic rings. The van der Waals surface area contributed by atoms with Crippen LogP contribution in [0.3, 0.4) is 0 Å². The molecule has 0 fully saturated rings. The van der Waals surface area contributed by atoms with Crippen LogP contribution in [-0.4, -0.2) is 18.1 Å². The van der Waals surface area contributed by atoms with Crippen molar-refractivity contribution in [3.63, 3.8) is 0 Å². The molecule has 0 saturated heterocycles. The number of pyridine rings is 1. The standard InChI is InChI=1S/C14H13ClN2O/c15-12-5-6-14(16-9-12)17-7-8-18-13-4-2-1-3-11(13)10-17/h1-6,9H,7-8,10H2. The molecular weight excluding hydrogens is 248 g/mol. The van der Waals surface area contributed by atoms with E-state index in [-0.39, 0.29) is 0 Å². The van der Waals surface area contributed by atoms with Crippen molar-refractivity contribution in [2.24, 2.45) is 0 Å². The van der Waals surface area contributed by atoms with Gasteiger partial charge in [0.15, 0.2) is 0 Å². The number of hydrogen-bond donors (Lipinski definition) is 0. The number of benzene rings is 1. The smallest absolute Gasteiger partial charge is 0.128 e. The van der Waals surface area contributed by atoms with E-state index in [1.807, 2.05) is 30.3 Å². The SMILES string of the molecule is Clc1ccc(N2CCOc3ccccc3C2)nc1. The van der Waals surface area contributed by atoms with Crippen LogP contribution in [0.15, 0.2) is 42.6 Å². The quantitative estimate of drug-likeness (QED) is 0.788. The molecule has 0 bridgehead atoms. The Morgan fingerprint density at radius 3 is 2.89 bits per heavy atom. The molecule has 1 aliphatic heterocycles. The Labute approximate surface area is 111 Å². The van der Waals surface area contributed by atoms with Gasteiger partial charge in [0.2, 0.25) is 0 Å². The first-order valence-corrected chi connectivity index (χ1v) is 6.28. The van der Waals surface area contributed by atoms with E-state index in [4.69, 9.17) is 16.3 Å². The summed E-state index contributed by atoms with van der Waals surface area (Å²) < 4.78 is 5.73. The zero-order valence-corrected chi connectivity index (χ0v) is 10.6. The van der Waals surface area contributed by atoms with Crippen LogP contribution < -0.4 is 9.64 Å². The average molecular weight is 261 g/mol. The summed E-state index contributed by atoms with van der Waals surface area (Å²) in [6.45, 7) is 2.30. The lowest BCUT2D eigenvalue weighted by molar-refractivity contribution is 0.331. The zero-order chi connectivity index (χ0) is 12.4. The van der Waals surface area contributed by atoms with Crippen LogP contribution >= 0.6 is 11.6 Å². The van der Waals surface area contributed by atoms with Gasteiger partial charge >= 0.3 is 0 Å². The van der Waals surface area contributed by atoms with E-state index < -0.39 is 0 Å². The van der Waals surface area contributed by atoms with E-state index in [0.717, 1.165) is 24.7 Å². The summed E-state index contributed by atoms with van der Waals surface area (Å²) in [7, 11) is 0. The van der Waals surface area contributed by atoms with Gasteiger partial charge in [-0.2, -0.15) is 0 Å². The number of aromatic nitrogens is 1. The van der Waals surface area contributed by atoms with E-state index >= 15 is 0 Å². The first-order chi connectivity index (χ1) is 8.83. The van der Waals surface area contributed by atoms with Gasteiger partial charge in [0.1, 0.15) is 18.2 Å². The molecule has 0 N–H and O–H groups in total. The summed E-state index contributed by atoms with van der Waals surface area (Å²) in [5.41, 5.74) is 1.19. The van der Waals surface area contributed by atoms with Gasteiger partial charge in [-0.15, -0.1) is 0 Å². The van der Waals surface area contributed by atoms with Gasteiger partial charge in [-0.05, 0) is 18.2 Å². The maximum absolute atomic E-state index is 5.86. The van der Waals surface area contributed by atoms with Gasteiger partial charge < -0.3 is 9.64 Å². The second-order valence-corrected chi connectivity index (χ2v) is 4.65. The molecule has 92 valence electrons. The highest BCUT2D eigenvalue weighted by Crippen LogP contribution is 2.25. The van der Waals surface area contributed by atoms with Gasteiger partial charge in [0.25, 0.3) is 0 Å². The van der Waals surface area contributed by atoms with Gasteiger partial charge in [0, 0.05) is 18.3 Å². The van der Waals surface area contributed by atoms with Gasteiger partial charge in [-0.3, -0.25) is 0 Å². The molecule has 0 spiro atoms. The first kappa shape index (κ1) is 11.4. The second kappa shape index (κ2) is 4.86. The molecular formula is C14H13ClN2O. The molecule has 1 aromatic heterocycles. The predicted molar refractivity (Wildman–Crippen MR) is 72.2 cm³/mol. The minimum absolute atomic E-state index is 0.658. The molecule has 0 radical (unpaired) electrons. The van der Waals surface area contributed by atoms with Crippen LogP contribution in [-0.2, 0) is 6.54 Å². The number of hydrogen-bond acceptors (Lipinski definition) is 3. The van der Waals surface area contributed by atoms with Crippen LogP contribution in [0, 0.1) is 0 Å². The van der Waals surface area contributed by atoms with Gasteiger partial charge in [-0.25, -0.2) is 4.98 Å². The fourth-order valence-electron chi connectivity index (χ4n) is 2.08. The lowest BCUT2D eigenvalue weighted by Crippen LogP contribution is -2.25.